The van der Waals surface area contributed by atoms with E-state index in [2.05, 4.69) is 0 Å². The SMILES string of the molecule is COc1cc2c(cc1OC)C(=O)C(C(=O)OCC(C)C)C2. The molecule has 0 aliphatic heterocycles. The van der Waals surface area contributed by atoms with Gasteiger partial charge in [-0.3, -0.25) is 9.59 Å². The molecule has 0 saturated carbocycles. The summed E-state index contributed by atoms with van der Waals surface area (Å²) in [5, 5.41) is 0. The summed E-state index contributed by atoms with van der Waals surface area (Å²) in [5.74, 6) is -0.132. The van der Waals surface area contributed by atoms with Gasteiger partial charge in [-0.15, -0.1) is 0 Å². The van der Waals surface area contributed by atoms with E-state index < -0.39 is 11.9 Å². The third kappa shape index (κ3) is 3.01. The Hall–Kier alpha value is -2.04. The van der Waals surface area contributed by atoms with Gasteiger partial charge >= 0.3 is 5.97 Å². The van der Waals surface area contributed by atoms with E-state index in [4.69, 9.17) is 14.2 Å². The van der Waals surface area contributed by atoms with Crippen molar-refractivity contribution in [3.63, 3.8) is 0 Å². The molecule has 1 aromatic rings. The zero-order chi connectivity index (χ0) is 15.6. The molecule has 21 heavy (non-hydrogen) atoms. The molecule has 0 aromatic heterocycles. The van der Waals surface area contributed by atoms with Crippen LogP contribution in [0.5, 0.6) is 11.5 Å². The third-order valence-corrected chi connectivity index (χ3v) is 3.46. The molecular weight excluding hydrogens is 272 g/mol. The number of esters is 1. The third-order valence-electron chi connectivity index (χ3n) is 3.46. The summed E-state index contributed by atoms with van der Waals surface area (Å²) in [5.41, 5.74) is 1.31. The van der Waals surface area contributed by atoms with Crippen molar-refractivity contribution in [2.45, 2.75) is 20.3 Å². The molecule has 1 unspecified atom stereocenters. The summed E-state index contributed by atoms with van der Waals surface area (Å²) in [7, 11) is 3.05. The number of fused-ring (bicyclic) bond motifs is 1. The summed E-state index contributed by atoms with van der Waals surface area (Å²) < 4.78 is 15.6. The number of rotatable bonds is 5. The minimum Gasteiger partial charge on any atom is -0.493 e. The molecule has 2 rings (SSSR count). The molecule has 114 valence electrons. The van der Waals surface area contributed by atoms with Crippen LogP contribution < -0.4 is 9.47 Å². The largest absolute Gasteiger partial charge is 0.493 e. The maximum atomic E-state index is 12.4. The Morgan fingerprint density at radius 1 is 1.24 bits per heavy atom. The maximum Gasteiger partial charge on any atom is 0.317 e. The minimum absolute atomic E-state index is 0.209. The number of hydrogen-bond acceptors (Lipinski definition) is 5. The van der Waals surface area contributed by atoms with Crippen LogP contribution >= 0.6 is 0 Å². The van der Waals surface area contributed by atoms with Gasteiger partial charge in [-0.25, -0.2) is 0 Å². The van der Waals surface area contributed by atoms with E-state index in [1.165, 1.54) is 14.2 Å². The number of carbonyl (C=O) groups excluding carboxylic acids is 2. The molecule has 0 heterocycles. The van der Waals surface area contributed by atoms with E-state index in [0.29, 0.717) is 30.1 Å². The number of ether oxygens (including phenoxy) is 3. The van der Waals surface area contributed by atoms with Gasteiger partial charge in [0, 0.05) is 5.56 Å². The van der Waals surface area contributed by atoms with Gasteiger partial charge in [0.05, 0.1) is 20.8 Å². The Kier molecular flexibility index (Phi) is 4.50. The lowest BCUT2D eigenvalue weighted by Gasteiger charge is -2.10. The lowest BCUT2D eigenvalue weighted by atomic mass is 10.1. The highest BCUT2D eigenvalue weighted by molar-refractivity contribution is 6.12. The summed E-state index contributed by atoms with van der Waals surface area (Å²) in [6, 6.07) is 3.38. The molecule has 1 atom stereocenters. The summed E-state index contributed by atoms with van der Waals surface area (Å²) in [6.07, 6.45) is 0.353. The summed E-state index contributed by atoms with van der Waals surface area (Å²) in [4.78, 5) is 24.4. The van der Waals surface area contributed by atoms with E-state index in [-0.39, 0.29) is 11.7 Å². The van der Waals surface area contributed by atoms with Crippen molar-refractivity contribution in [3.05, 3.63) is 23.3 Å². The molecule has 1 aromatic carbocycles. The monoisotopic (exact) mass is 292 g/mol. The molecule has 0 radical (unpaired) electrons. The molecular formula is C16H20O5. The maximum absolute atomic E-state index is 12.4. The first-order valence-electron chi connectivity index (χ1n) is 6.93. The standard InChI is InChI=1S/C16H20O5/c1-9(2)8-21-16(18)12-5-10-6-13(19-3)14(20-4)7-11(10)15(12)17/h6-7,9,12H,5,8H2,1-4H3. The van der Waals surface area contributed by atoms with Crippen molar-refractivity contribution in [1.82, 2.24) is 0 Å². The van der Waals surface area contributed by atoms with Gasteiger partial charge in [-0.1, -0.05) is 13.8 Å². The second-order valence-electron chi connectivity index (χ2n) is 5.51. The zero-order valence-corrected chi connectivity index (χ0v) is 12.8. The number of benzene rings is 1. The van der Waals surface area contributed by atoms with Gasteiger partial charge < -0.3 is 14.2 Å². The van der Waals surface area contributed by atoms with Crippen LogP contribution in [0.4, 0.5) is 0 Å². The fourth-order valence-electron chi connectivity index (χ4n) is 2.36. The molecule has 0 fully saturated rings. The Bertz CT molecular complexity index is 562. The average molecular weight is 292 g/mol. The molecule has 5 nitrogen and oxygen atoms in total. The van der Waals surface area contributed by atoms with E-state index >= 15 is 0 Å². The van der Waals surface area contributed by atoms with Crippen LogP contribution in [0.2, 0.25) is 0 Å². The summed E-state index contributed by atoms with van der Waals surface area (Å²) in [6.45, 7) is 4.23. The quantitative estimate of drug-likeness (QED) is 0.615. The molecule has 5 heteroatoms. The minimum atomic E-state index is -0.754. The fourth-order valence-corrected chi connectivity index (χ4v) is 2.36. The lowest BCUT2D eigenvalue weighted by Crippen LogP contribution is -2.24. The van der Waals surface area contributed by atoms with Crippen LogP contribution in [0.1, 0.15) is 29.8 Å². The van der Waals surface area contributed by atoms with E-state index in [0.717, 1.165) is 5.56 Å². The number of ketones is 1. The van der Waals surface area contributed by atoms with Crippen LogP contribution in [0.3, 0.4) is 0 Å². The highest BCUT2D eigenvalue weighted by Crippen LogP contribution is 2.37. The molecule has 1 aliphatic rings. The lowest BCUT2D eigenvalue weighted by molar-refractivity contribution is -0.147. The van der Waals surface area contributed by atoms with Crippen molar-refractivity contribution in [1.29, 1.82) is 0 Å². The fraction of sp³-hybridized carbons (Fsp3) is 0.500. The number of methoxy groups -OCH3 is 2. The van der Waals surface area contributed by atoms with Gasteiger partial charge in [0.2, 0.25) is 0 Å². The van der Waals surface area contributed by atoms with Crippen molar-refractivity contribution in [3.8, 4) is 11.5 Å². The Morgan fingerprint density at radius 3 is 2.43 bits per heavy atom. The van der Waals surface area contributed by atoms with E-state index in [1.54, 1.807) is 12.1 Å². The zero-order valence-electron chi connectivity index (χ0n) is 12.8. The smallest absolute Gasteiger partial charge is 0.317 e. The van der Waals surface area contributed by atoms with E-state index in [9.17, 15) is 9.59 Å². The topological polar surface area (TPSA) is 61.8 Å². The first-order chi connectivity index (χ1) is 9.97. The molecule has 0 spiro atoms. The summed E-state index contributed by atoms with van der Waals surface area (Å²) >= 11 is 0. The first-order valence-corrected chi connectivity index (χ1v) is 6.93. The Labute approximate surface area is 124 Å². The highest BCUT2D eigenvalue weighted by atomic mass is 16.5. The van der Waals surface area contributed by atoms with Crippen LogP contribution in [0, 0.1) is 11.8 Å². The molecule has 0 bridgehead atoms. The first kappa shape index (κ1) is 15.4. The Morgan fingerprint density at radius 2 is 1.86 bits per heavy atom. The average Bonchev–Trinajstić information content (AvgIpc) is 2.79. The highest BCUT2D eigenvalue weighted by Gasteiger charge is 2.38. The van der Waals surface area contributed by atoms with Crippen LogP contribution in [-0.2, 0) is 16.0 Å². The van der Waals surface area contributed by atoms with E-state index in [1.807, 2.05) is 13.8 Å². The van der Waals surface area contributed by atoms with Crippen LogP contribution in [0.15, 0.2) is 12.1 Å². The van der Waals surface area contributed by atoms with Gasteiger partial charge in [0.1, 0.15) is 5.92 Å². The number of Topliss-reactive ketones (excluding diaryl/α,β-unsaturated/α-hetero) is 1. The van der Waals surface area contributed by atoms with Crippen molar-refractivity contribution >= 4 is 11.8 Å². The molecule has 0 saturated heterocycles. The van der Waals surface area contributed by atoms with Crippen molar-refractivity contribution in [2.24, 2.45) is 11.8 Å². The van der Waals surface area contributed by atoms with Crippen LogP contribution in [-0.4, -0.2) is 32.6 Å². The predicted octanol–water partition coefficient (Wildman–Crippen LogP) is 2.26. The van der Waals surface area contributed by atoms with Crippen LogP contribution in [0.25, 0.3) is 0 Å². The number of hydrogen-bond donors (Lipinski definition) is 0. The second-order valence-corrected chi connectivity index (χ2v) is 5.51. The van der Waals surface area contributed by atoms with Gasteiger partial charge in [-0.05, 0) is 30.0 Å². The van der Waals surface area contributed by atoms with Gasteiger partial charge in [0.25, 0.3) is 0 Å². The molecule has 0 N–H and O–H groups in total. The molecule has 0 amide bonds. The second kappa shape index (κ2) is 6.16. The Balaban J connectivity index is 2.22. The van der Waals surface area contributed by atoms with Gasteiger partial charge in [-0.2, -0.15) is 0 Å². The van der Waals surface area contributed by atoms with Crippen molar-refractivity contribution < 1.29 is 23.8 Å². The number of carbonyl (C=O) groups is 2. The van der Waals surface area contributed by atoms with Crippen molar-refractivity contribution in [2.75, 3.05) is 20.8 Å². The normalized spacial score (nSPS) is 16.8. The van der Waals surface area contributed by atoms with Gasteiger partial charge in [0.15, 0.2) is 17.3 Å². The molecule has 1 aliphatic carbocycles. The predicted molar refractivity (Wildman–Crippen MR) is 76.9 cm³/mol.